The first kappa shape index (κ1) is 12.6. The van der Waals surface area contributed by atoms with Gasteiger partial charge in [-0.05, 0) is 6.07 Å². The Balaban J connectivity index is 2.69. The second-order valence-corrected chi connectivity index (χ2v) is 5.88. The van der Waals surface area contributed by atoms with Crippen LogP contribution in [0.2, 0.25) is 0 Å². The van der Waals surface area contributed by atoms with Crippen LogP contribution < -0.4 is 10.1 Å². The van der Waals surface area contributed by atoms with Crippen LogP contribution in [0.25, 0.3) is 0 Å². The number of carbonyl (C=O) groups excluding carboxylic acids is 1. The summed E-state index contributed by atoms with van der Waals surface area (Å²) in [5, 5.41) is 13.1. The second-order valence-electron chi connectivity index (χ2n) is 3.35. The fraction of sp³-hybridized carbons (Fsp3) is 0.125. The Bertz CT molecular complexity index is 656. The number of rotatable bonds is 2. The van der Waals surface area contributed by atoms with Gasteiger partial charge in [0.05, 0.1) is 16.7 Å². The summed E-state index contributed by atoms with van der Waals surface area (Å²) in [7, 11) is 0.795. The lowest BCUT2D eigenvalue weighted by atomic mass is 10.2. The topological polar surface area (TPSA) is 116 Å². The third-order valence-electron chi connectivity index (χ3n) is 2.15. The number of anilines is 1. The average Bonchev–Trinajstić information content (AvgIpc) is 2.25. The van der Waals surface area contributed by atoms with Gasteiger partial charge in [-0.2, -0.15) is 0 Å². The van der Waals surface area contributed by atoms with E-state index >= 15 is 0 Å². The van der Waals surface area contributed by atoms with Crippen LogP contribution in [-0.4, -0.2) is 25.9 Å². The van der Waals surface area contributed by atoms with Crippen molar-refractivity contribution in [3.63, 3.8) is 0 Å². The van der Waals surface area contributed by atoms with Gasteiger partial charge in [0.1, 0.15) is 0 Å². The van der Waals surface area contributed by atoms with Crippen LogP contribution in [-0.2, 0) is 13.8 Å². The lowest BCUT2D eigenvalue weighted by Crippen LogP contribution is -2.25. The van der Waals surface area contributed by atoms with E-state index in [-0.39, 0.29) is 18.0 Å². The monoisotopic (exact) mass is 292 g/mol. The molecule has 0 radical (unpaired) electrons. The van der Waals surface area contributed by atoms with Crippen LogP contribution in [0.3, 0.4) is 0 Å². The van der Waals surface area contributed by atoms with Crippen molar-refractivity contribution in [3.8, 4) is 5.75 Å². The number of amides is 1. The number of halogens is 1. The maximum Gasteiger partial charge on any atom is 0.293 e. The average molecular weight is 293 g/mol. The van der Waals surface area contributed by atoms with Crippen molar-refractivity contribution in [1.82, 2.24) is 0 Å². The normalized spacial score (nSPS) is 14.4. The molecule has 1 N–H and O–H groups in total. The Morgan fingerprint density at radius 2 is 2.11 bits per heavy atom. The molecular weight excluding hydrogens is 288 g/mol. The van der Waals surface area contributed by atoms with Crippen molar-refractivity contribution >= 4 is 37.0 Å². The SMILES string of the molecule is O=C1COc2cc([N+](=O)[O-])c(S(=O)(=O)Cl)cc2N1. The fourth-order valence-electron chi connectivity index (χ4n) is 1.43. The minimum atomic E-state index is -4.31. The summed E-state index contributed by atoms with van der Waals surface area (Å²) in [6.45, 7) is -0.295. The van der Waals surface area contributed by atoms with E-state index in [0.29, 0.717) is 0 Å². The van der Waals surface area contributed by atoms with Crippen LogP contribution in [0.15, 0.2) is 17.0 Å². The van der Waals surface area contributed by atoms with Crippen LogP contribution >= 0.6 is 10.7 Å². The number of hydrogen-bond acceptors (Lipinski definition) is 6. The van der Waals surface area contributed by atoms with Crippen molar-refractivity contribution < 1.29 is 22.9 Å². The fourth-order valence-corrected chi connectivity index (χ4v) is 2.45. The van der Waals surface area contributed by atoms with Gasteiger partial charge in [-0.1, -0.05) is 0 Å². The summed E-state index contributed by atoms with van der Waals surface area (Å²) in [5.41, 5.74) is -0.684. The molecule has 10 heteroatoms. The number of nitrogens with one attached hydrogen (secondary N) is 1. The van der Waals surface area contributed by atoms with Crippen LogP contribution in [0.1, 0.15) is 0 Å². The van der Waals surface area contributed by atoms with Gasteiger partial charge in [-0.15, -0.1) is 0 Å². The van der Waals surface area contributed by atoms with E-state index in [0.717, 1.165) is 12.1 Å². The summed E-state index contributed by atoms with van der Waals surface area (Å²) in [6.07, 6.45) is 0. The Hall–Kier alpha value is -1.87. The molecule has 96 valence electrons. The van der Waals surface area contributed by atoms with Crippen molar-refractivity contribution in [2.75, 3.05) is 11.9 Å². The molecule has 18 heavy (non-hydrogen) atoms. The standard InChI is InChI=1S/C8H5ClN2O6S/c9-18(15,16)7-1-4-6(2-5(7)11(13)14)17-3-8(12)10-4/h1-2H,3H2,(H,10,12). The predicted octanol–water partition coefficient (Wildman–Crippen LogP) is 0.853. The van der Waals surface area contributed by atoms with E-state index in [1.54, 1.807) is 0 Å². The molecule has 1 amide bonds. The lowest BCUT2D eigenvalue weighted by Gasteiger charge is -2.17. The molecule has 0 bridgehead atoms. The van der Waals surface area contributed by atoms with Crippen molar-refractivity contribution in [2.24, 2.45) is 0 Å². The molecule has 0 aliphatic carbocycles. The third-order valence-corrected chi connectivity index (χ3v) is 3.50. The zero-order chi connectivity index (χ0) is 13.5. The van der Waals surface area contributed by atoms with Gasteiger partial charge < -0.3 is 10.1 Å². The van der Waals surface area contributed by atoms with Gasteiger partial charge in [-0.25, -0.2) is 8.42 Å². The van der Waals surface area contributed by atoms with Gasteiger partial charge >= 0.3 is 0 Å². The van der Waals surface area contributed by atoms with E-state index < -0.39 is 30.5 Å². The number of hydrogen-bond donors (Lipinski definition) is 1. The number of nitrogens with zero attached hydrogens (tertiary/aromatic N) is 1. The molecule has 2 rings (SSSR count). The Morgan fingerprint density at radius 1 is 1.44 bits per heavy atom. The van der Waals surface area contributed by atoms with Crippen molar-refractivity contribution in [3.05, 3.63) is 22.2 Å². The first-order valence-electron chi connectivity index (χ1n) is 4.49. The molecule has 0 atom stereocenters. The van der Waals surface area contributed by atoms with Crippen LogP contribution in [0, 0.1) is 10.1 Å². The largest absolute Gasteiger partial charge is 0.481 e. The number of nitro benzene ring substituents is 1. The first-order chi connectivity index (χ1) is 8.29. The Morgan fingerprint density at radius 3 is 2.67 bits per heavy atom. The molecule has 8 nitrogen and oxygen atoms in total. The predicted molar refractivity (Wildman–Crippen MR) is 60.3 cm³/mol. The summed E-state index contributed by atoms with van der Waals surface area (Å²) in [5.74, 6) is -0.473. The summed E-state index contributed by atoms with van der Waals surface area (Å²) in [6, 6.07) is 1.80. The number of carbonyl (C=O) groups is 1. The highest BCUT2D eigenvalue weighted by Crippen LogP contribution is 2.38. The van der Waals surface area contributed by atoms with Gasteiger partial charge in [0.2, 0.25) is 0 Å². The lowest BCUT2D eigenvalue weighted by molar-refractivity contribution is -0.387. The minimum Gasteiger partial charge on any atom is -0.481 e. The molecule has 1 aromatic rings. The first-order valence-corrected chi connectivity index (χ1v) is 6.80. The number of fused-ring (bicyclic) bond motifs is 1. The van der Waals surface area contributed by atoms with Gasteiger partial charge in [0, 0.05) is 10.7 Å². The molecule has 0 fully saturated rings. The summed E-state index contributed by atoms with van der Waals surface area (Å²) < 4.78 is 27.4. The quantitative estimate of drug-likeness (QED) is 0.491. The summed E-state index contributed by atoms with van der Waals surface area (Å²) >= 11 is 0. The zero-order valence-corrected chi connectivity index (χ0v) is 10.1. The molecular formula is C8H5ClN2O6S. The number of benzene rings is 1. The smallest absolute Gasteiger partial charge is 0.293 e. The van der Waals surface area contributed by atoms with E-state index in [1.807, 2.05) is 0 Å². The maximum atomic E-state index is 11.2. The molecule has 0 saturated heterocycles. The number of nitro groups is 1. The van der Waals surface area contributed by atoms with Gasteiger partial charge in [-0.3, -0.25) is 14.9 Å². The highest BCUT2D eigenvalue weighted by atomic mass is 35.7. The Kier molecular flexibility index (Phi) is 2.87. The highest BCUT2D eigenvalue weighted by Gasteiger charge is 2.29. The summed E-state index contributed by atoms with van der Waals surface area (Å²) in [4.78, 5) is 20.2. The third kappa shape index (κ3) is 2.22. The van der Waals surface area contributed by atoms with E-state index in [2.05, 4.69) is 5.32 Å². The van der Waals surface area contributed by atoms with E-state index in [1.165, 1.54) is 0 Å². The molecule has 1 heterocycles. The van der Waals surface area contributed by atoms with Crippen LogP contribution in [0.5, 0.6) is 5.75 Å². The van der Waals surface area contributed by atoms with Gasteiger partial charge in [0.25, 0.3) is 20.6 Å². The van der Waals surface area contributed by atoms with Crippen molar-refractivity contribution in [2.45, 2.75) is 4.90 Å². The van der Waals surface area contributed by atoms with Gasteiger partial charge in [0.15, 0.2) is 17.3 Å². The molecule has 1 aliphatic rings. The molecule has 0 saturated carbocycles. The molecule has 1 aromatic carbocycles. The zero-order valence-electron chi connectivity index (χ0n) is 8.54. The van der Waals surface area contributed by atoms with E-state index in [9.17, 15) is 23.3 Å². The second kappa shape index (κ2) is 4.10. The highest BCUT2D eigenvalue weighted by molar-refractivity contribution is 8.13. The van der Waals surface area contributed by atoms with Crippen molar-refractivity contribution in [1.29, 1.82) is 0 Å². The minimum absolute atomic E-state index is 0.0189. The molecule has 0 unspecified atom stereocenters. The Labute approximate surface area is 105 Å². The molecule has 0 spiro atoms. The molecule has 0 aromatic heterocycles. The number of ether oxygens (including phenoxy) is 1. The van der Waals surface area contributed by atoms with Crippen LogP contribution in [0.4, 0.5) is 11.4 Å². The van der Waals surface area contributed by atoms with E-state index in [4.69, 9.17) is 15.4 Å². The maximum absolute atomic E-state index is 11.2. The molecule has 1 aliphatic heterocycles.